The van der Waals surface area contributed by atoms with E-state index in [0.29, 0.717) is 18.0 Å². The largest absolute Gasteiger partial charge is 0.493 e. The van der Waals surface area contributed by atoms with Gasteiger partial charge in [-0.05, 0) is 73.7 Å². The van der Waals surface area contributed by atoms with Gasteiger partial charge in [-0.15, -0.1) is 0 Å². The summed E-state index contributed by atoms with van der Waals surface area (Å²) in [5.41, 5.74) is 3.90. The highest BCUT2D eigenvalue weighted by atomic mass is 19.1. The molecule has 1 amide bonds. The van der Waals surface area contributed by atoms with E-state index in [2.05, 4.69) is 28.4 Å². The van der Waals surface area contributed by atoms with Crippen molar-refractivity contribution in [2.24, 2.45) is 5.92 Å². The molecule has 1 saturated heterocycles. The van der Waals surface area contributed by atoms with Gasteiger partial charge in [-0.25, -0.2) is 4.39 Å². The molecule has 1 fully saturated rings. The topological polar surface area (TPSA) is 41.6 Å². The molecule has 0 unspecified atom stereocenters. The predicted molar refractivity (Wildman–Crippen MR) is 107 cm³/mol. The van der Waals surface area contributed by atoms with Crippen LogP contribution in [0.1, 0.15) is 39.9 Å². The van der Waals surface area contributed by atoms with E-state index in [-0.39, 0.29) is 11.7 Å². The number of likely N-dealkylation sites (tertiary alicyclic amines) is 1. The molecule has 2 aromatic carbocycles. The first-order valence-electron chi connectivity index (χ1n) is 10.1. The Bertz CT molecular complexity index is 860. The summed E-state index contributed by atoms with van der Waals surface area (Å²) in [7, 11) is 0. The number of fused-ring (bicyclic) bond motifs is 1. The van der Waals surface area contributed by atoms with Gasteiger partial charge in [-0.1, -0.05) is 18.2 Å². The summed E-state index contributed by atoms with van der Waals surface area (Å²) in [5.74, 6) is 0.955. The van der Waals surface area contributed by atoms with Gasteiger partial charge >= 0.3 is 0 Å². The normalized spacial score (nSPS) is 17.2. The number of halogens is 1. The first kappa shape index (κ1) is 18.9. The first-order chi connectivity index (χ1) is 13.6. The lowest BCUT2D eigenvalue weighted by Crippen LogP contribution is -2.38. The molecule has 2 aliphatic rings. The van der Waals surface area contributed by atoms with Crippen LogP contribution in [0.4, 0.5) is 4.39 Å². The SMILES string of the molecule is Cc1ccc(F)cc1C(=O)NCC1CCN(Cc2ccc3c(c2)CCO3)CC1. The Kier molecular flexibility index (Phi) is 5.62. The summed E-state index contributed by atoms with van der Waals surface area (Å²) in [4.78, 5) is 14.8. The lowest BCUT2D eigenvalue weighted by molar-refractivity contribution is 0.0934. The molecule has 0 bridgehead atoms. The second-order valence-corrected chi connectivity index (χ2v) is 7.93. The quantitative estimate of drug-likeness (QED) is 0.857. The van der Waals surface area contributed by atoms with E-state index in [1.165, 1.54) is 23.3 Å². The Morgan fingerprint density at radius 1 is 1.21 bits per heavy atom. The van der Waals surface area contributed by atoms with Crippen LogP contribution in [0.3, 0.4) is 0 Å². The van der Waals surface area contributed by atoms with Gasteiger partial charge in [-0.3, -0.25) is 9.69 Å². The molecule has 0 aliphatic carbocycles. The van der Waals surface area contributed by atoms with Crippen LogP contribution in [-0.4, -0.2) is 37.0 Å². The van der Waals surface area contributed by atoms with E-state index in [1.807, 2.05) is 6.92 Å². The minimum absolute atomic E-state index is 0.181. The molecule has 2 heterocycles. The molecule has 0 atom stereocenters. The molecule has 5 heteroatoms. The maximum atomic E-state index is 13.4. The van der Waals surface area contributed by atoms with Crippen molar-refractivity contribution in [2.45, 2.75) is 32.7 Å². The molecule has 4 rings (SSSR count). The summed E-state index contributed by atoms with van der Waals surface area (Å²) in [6.07, 6.45) is 3.14. The monoisotopic (exact) mass is 382 g/mol. The van der Waals surface area contributed by atoms with Crippen LogP contribution in [0.5, 0.6) is 5.75 Å². The van der Waals surface area contributed by atoms with Gasteiger partial charge in [0.15, 0.2) is 0 Å². The Morgan fingerprint density at radius 2 is 2.04 bits per heavy atom. The van der Waals surface area contributed by atoms with Crippen LogP contribution in [-0.2, 0) is 13.0 Å². The van der Waals surface area contributed by atoms with Crippen LogP contribution in [0.2, 0.25) is 0 Å². The van der Waals surface area contributed by atoms with Crippen molar-refractivity contribution < 1.29 is 13.9 Å². The maximum absolute atomic E-state index is 13.4. The smallest absolute Gasteiger partial charge is 0.251 e. The van der Waals surface area contributed by atoms with Gasteiger partial charge in [0.2, 0.25) is 0 Å². The number of nitrogens with zero attached hydrogens (tertiary/aromatic N) is 1. The van der Waals surface area contributed by atoms with Gasteiger partial charge in [0.25, 0.3) is 5.91 Å². The minimum atomic E-state index is -0.373. The highest BCUT2D eigenvalue weighted by Gasteiger charge is 2.21. The average molecular weight is 382 g/mol. The van der Waals surface area contributed by atoms with Gasteiger partial charge in [0.1, 0.15) is 11.6 Å². The summed E-state index contributed by atoms with van der Waals surface area (Å²) in [6, 6.07) is 10.9. The third-order valence-electron chi connectivity index (χ3n) is 5.86. The number of nitrogens with one attached hydrogen (secondary N) is 1. The molecule has 0 spiro atoms. The maximum Gasteiger partial charge on any atom is 0.251 e. The van der Waals surface area contributed by atoms with Crippen LogP contribution < -0.4 is 10.1 Å². The fourth-order valence-corrected chi connectivity index (χ4v) is 4.12. The van der Waals surface area contributed by atoms with Crippen LogP contribution >= 0.6 is 0 Å². The standard InChI is InChI=1S/C23H27FN2O2/c1-16-2-4-20(24)13-21(16)23(27)25-14-17-6-9-26(10-7-17)15-18-3-5-22-19(12-18)8-11-28-22/h2-5,12-13,17H,6-11,14-15H2,1H3,(H,25,27). The Morgan fingerprint density at radius 3 is 2.86 bits per heavy atom. The molecule has 28 heavy (non-hydrogen) atoms. The molecule has 0 radical (unpaired) electrons. The zero-order valence-corrected chi connectivity index (χ0v) is 16.3. The molecule has 0 aromatic heterocycles. The molecule has 148 valence electrons. The summed E-state index contributed by atoms with van der Waals surface area (Å²) >= 11 is 0. The molecule has 0 saturated carbocycles. The van der Waals surface area contributed by atoms with E-state index in [0.717, 1.165) is 56.8 Å². The molecular formula is C23H27FN2O2. The highest BCUT2D eigenvalue weighted by Crippen LogP contribution is 2.27. The third kappa shape index (κ3) is 4.36. The number of piperidine rings is 1. The van der Waals surface area contributed by atoms with E-state index in [1.54, 1.807) is 6.07 Å². The number of carbonyl (C=O) groups is 1. The molecule has 4 nitrogen and oxygen atoms in total. The predicted octanol–water partition coefficient (Wildman–Crippen LogP) is 3.71. The van der Waals surface area contributed by atoms with Crippen molar-refractivity contribution in [1.29, 1.82) is 0 Å². The number of carbonyl (C=O) groups excluding carboxylic acids is 1. The third-order valence-corrected chi connectivity index (χ3v) is 5.86. The lowest BCUT2D eigenvalue weighted by atomic mass is 9.96. The number of aryl methyl sites for hydroxylation is 1. The summed E-state index contributed by atoms with van der Waals surface area (Å²) < 4.78 is 19.0. The van der Waals surface area contributed by atoms with Gasteiger partial charge < -0.3 is 10.1 Å². The number of hydrogen-bond acceptors (Lipinski definition) is 3. The van der Waals surface area contributed by atoms with Crippen molar-refractivity contribution in [3.8, 4) is 5.75 Å². The Labute approximate surface area is 165 Å². The molecule has 2 aliphatic heterocycles. The second-order valence-electron chi connectivity index (χ2n) is 7.93. The van der Waals surface area contributed by atoms with Crippen molar-refractivity contribution in [1.82, 2.24) is 10.2 Å². The van der Waals surface area contributed by atoms with Crippen LogP contribution in [0.15, 0.2) is 36.4 Å². The Hall–Kier alpha value is -2.40. The molecule has 1 N–H and O–H groups in total. The molecule has 2 aromatic rings. The van der Waals surface area contributed by atoms with Gasteiger partial charge in [-0.2, -0.15) is 0 Å². The fourth-order valence-electron chi connectivity index (χ4n) is 4.12. The van der Waals surface area contributed by atoms with Crippen LogP contribution in [0, 0.1) is 18.7 Å². The van der Waals surface area contributed by atoms with Crippen molar-refractivity contribution in [2.75, 3.05) is 26.2 Å². The number of rotatable bonds is 5. The van der Waals surface area contributed by atoms with E-state index in [9.17, 15) is 9.18 Å². The van der Waals surface area contributed by atoms with E-state index >= 15 is 0 Å². The zero-order chi connectivity index (χ0) is 19.5. The van der Waals surface area contributed by atoms with Gasteiger partial charge in [0, 0.05) is 25.1 Å². The van der Waals surface area contributed by atoms with E-state index < -0.39 is 0 Å². The lowest BCUT2D eigenvalue weighted by Gasteiger charge is -2.32. The van der Waals surface area contributed by atoms with Gasteiger partial charge in [0.05, 0.1) is 6.61 Å². The number of amides is 1. The minimum Gasteiger partial charge on any atom is -0.493 e. The average Bonchev–Trinajstić information content (AvgIpc) is 3.17. The summed E-state index contributed by atoms with van der Waals surface area (Å²) in [5, 5.41) is 2.99. The van der Waals surface area contributed by atoms with E-state index in [4.69, 9.17) is 4.74 Å². The first-order valence-corrected chi connectivity index (χ1v) is 10.1. The second kappa shape index (κ2) is 8.31. The fraction of sp³-hybridized carbons (Fsp3) is 0.435. The Balaban J connectivity index is 1.24. The summed E-state index contributed by atoms with van der Waals surface area (Å²) in [6.45, 7) is 6.32. The van der Waals surface area contributed by atoms with Crippen molar-refractivity contribution in [3.63, 3.8) is 0 Å². The zero-order valence-electron chi connectivity index (χ0n) is 16.3. The molecular weight excluding hydrogens is 355 g/mol. The van der Waals surface area contributed by atoms with Crippen molar-refractivity contribution >= 4 is 5.91 Å². The number of hydrogen-bond donors (Lipinski definition) is 1. The number of benzene rings is 2. The van der Waals surface area contributed by atoms with Crippen molar-refractivity contribution in [3.05, 3.63) is 64.5 Å². The van der Waals surface area contributed by atoms with Crippen LogP contribution in [0.25, 0.3) is 0 Å². The number of ether oxygens (including phenoxy) is 1. The highest BCUT2D eigenvalue weighted by molar-refractivity contribution is 5.95.